The summed E-state index contributed by atoms with van der Waals surface area (Å²) < 4.78 is 0. The van der Waals surface area contributed by atoms with Gasteiger partial charge in [0, 0.05) is 17.0 Å². The van der Waals surface area contributed by atoms with Crippen molar-refractivity contribution in [3.63, 3.8) is 0 Å². The van der Waals surface area contributed by atoms with Gasteiger partial charge >= 0.3 is 0 Å². The van der Waals surface area contributed by atoms with Gasteiger partial charge < -0.3 is 0 Å². The second-order valence-electron chi connectivity index (χ2n) is 4.59. The Morgan fingerprint density at radius 1 is 0.833 bits per heavy atom. The Balaban J connectivity index is 2.31. The van der Waals surface area contributed by atoms with E-state index in [9.17, 15) is 4.79 Å². The molecule has 2 aromatic rings. The fourth-order valence-electron chi connectivity index (χ4n) is 2.59. The number of Topliss-reactive ketones (excluding diaryl/α,β-unsaturated/α-hetero) is 1. The van der Waals surface area contributed by atoms with E-state index in [0.29, 0.717) is 6.42 Å². The molecule has 0 spiro atoms. The largest absolute Gasteiger partial charge is 0.294 e. The van der Waals surface area contributed by atoms with E-state index in [1.807, 2.05) is 36.4 Å². The molecular formula is C16H13ClO. The summed E-state index contributed by atoms with van der Waals surface area (Å²) in [5.41, 5.74) is 4.10. The van der Waals surface area contributed by atoms with E-state index < -0.39 is 0 Å². The number of ketones is 1. The van der Waals surface area contributed by atoms with Crippen molar-refractivity contribution in [1.82, 2.24) is 0 Å². The molecule has 3 rings (SSSR count). The van der Waals surface area contributed by atoms with Gasteiger partial charge in [0.1, 0.15) is 0 Å². The summed E-state index contributed by atoms with van der Waals surface area (Å²) in [5.74, 6) is 0.233. The summed E-state index contributed by atoms with van der Waals surface area (Å²) in [6.07, 6.45) is 2.33. The topological polar surface area (TPSA) is 17.1 Å². The number of fused-ring (bicyclic) bond motifs is 3. The van der Waals surface area contributed by atoms with E-state index in [1.165, 1.54) is 5.56 Å². The van der Waals surface area contributed by atoms with Crippen LogP contribution < -0.4 is 0 Å². The van der Waals surface area contributed by atoms with Crippen LogP contribution in [0.2, 0.25) is 5.02 Å². The monoisotopic (exact) mass is 256 g/mol. The van der Waals surface area contributed by atoms with Gasteiger partial charge in [0.2, 0.25) is 0 Å². The molecule has 2 aromatic carbocycles. The molecule has 1 aliphatic carbocycles. The summed E-state index contributed by atoms with van der Waals surface area (Å²) in [4.78, 5) is 12.1. The first-order valence-electron chi connectivity index (χ1n) is 6.17. The Bertz CT molecular complexity index is 616. The van der Waals surface area contributed by atoms with Crippen molar-refractivity contribution in [2.75, 3.05) is 0 Å². The average Bonchev–Trinajstić information content (AvgIpc) is 2.38. The summed E-state index contributed by atoms with van der Waals surface area (Å²) in [7, 11) is 0. The smallest absolute Gasteiger partial charge is 0.163 e. The van der Waals surface area contributed by atoms with Crippen molar-refractivity contribution in [3.05, 3.63) is 58.6 Å². The van der Waals surface area contributed by atoms with E-state index in [0.717, 1.165) is 34.6 Å². The standard InChI is InChI=1S/C16H13ClO/c17-15-9-3-7-11-12-5-1-2-6-14(12)16(18)10-4-8-13(11)15/h1-3,5-7,9H,4,8,10H2. The first-order valence-corrected chi connectivity index (χ1v) is 6.55. The van der Waals surface area contributed by atoms with Crippen LogP contribution in [-0.4, -0.2) is 5.78 Å². The normalized spacial score (nSPS) is 14.4. The Morgan fingerprint density at radius 3 is 2.39 bits per heavy atom. The van der Waals surface area contributed by atoms with Gasteiger partial charge in [-0.3, -0.25) is 4.79 Å². The number of carbonyl (C=O) groups is 1. The van der Waals surface area contributed by atoms with Gasteiger partial charge in [0.25, 0.3) is 0 Å². The van der Waals surface area contributed by atoms with Crippen LogP contribution in [0.25, 0.3) is 11.1 Å². The molecule has 0 heterocycles. The lowest BCUT2D eigenvalue weighted by atomic mass is 9.87. The highest BCUT2D eigenvalue weighted by Gasteiger charge is 2.19. The lowest BCUT2D eigenvalue weighted by molar-refractivity contribution is 0.0980. The maximum Gasteiger partial charge on any atom is 0.163 e. The van der Waals surface area contributed by atoms with Crippen molar-refractivity contribution < 1.29 is 4.79 Å². The molecule has 0 bridgehead atoms. The second-order valence-corrected chi connectivity index (χ2v) is 5.00. The molecule has 0 saturated heterocycles. The number of rotatable bonds is 0. The molecule has 1 nitrogen and oxygen atoms in total. The van der Waals surface area contributed by atoms with Crippen molar-refractivity contribution in [2.24, 2.45) is 0 Å². The van der Waals surface area contributed by atoms with Crippen LogP contribution in [0.1, 0.15) is 28.8 Å². The minimum absolute atomic E-state index is 0.233. The van der Waals surface area contributed by atoms with E-state index in [4.69, 9.17) is 11.6 Å². The summed E-state index contributed by atoms with van der Waals surface area (Å²) in [6, 6.07) is 13.7. The maximum absolute atomic E-state index is 12.1. The fourth-order valence-corrected chi connectivity index (χ4v) is 2.86. The van der Waals surface area contributed by atoms with Crippen molar-refractivity contribution in [1.29, 1.82) is 0 Å². The van der Waals surface area contributed by atoms with E-state index >= 15 is 0 Å². The molecule has 0 N–H and O–H groups in total. The second kappa shape index (κ2) is 4.58. The highest BCUT2D eigenvalue weighted by Crippen LogP contribution is 2.34. The highest BCUT2D eigenvalue weighted by molar-refractivity contribution is 6.31. The molecule has 0 fully saturated rings. The molecule has 18 heavy (non-hydrogen) atoms. The Hall–Kier alpha value is -1.60. The number of carbonyl (C=O) groups excluding carboxylic acids is 1. The van der Waals surface area contributed by atoms with Crippen LogP contribution in [0, 0.1) is 0 Å². The Labute approximate surface area is 111 Å². The van der Waals surface area contributed by atoms with Gasteiger partial charge in [-0.2, -0.15) is 0 Å². The zero-order chi connectivity index (χ0) is 12.5. The molecular weight excluding hydrogens is 244 g/mol. The fraction of sp³-hybridized carbons (Fsp3) is 0.188. The Morgan fingerprint density at radius 2 is 1.56 bits per heavy atom. The molecule has 90 valence electrons. The lowest BCUT2D eigenvalue weighted by Crippen LogP contribution is -2.07. The van der Waals surface area contributed by atoms with Crippen LogP contribution in [0.4, 0.5) is 0 Å². The van der Waals surface area contributed by atoms with Gasteiger partial charge in [-0.05, 0) is 35.6 Å². The van der Waals surface area contributed by atoms with Gasteiger partial charge in [0.05, 0.1) is 0 Å². The number of halogens is 1. The van der Waals surface area contributed by atoms with Gasteiger partial charge in [0.15, 0.2) is 5.78 Å². The van der Waals surface area contributed by atoms with Crippen molar-refractivity contribution in [3.8, 4) is 11.1 Å². The van der Waals surface area contributed by atoms with Crippen LogP contribution in [0.5, 0.6) is 0 Å². The van der Waals surface area contributed by atoms with Crippen LogP contribution in [0.15, 0.2) is 42.5 Å². The molecule has 0 aromatic heterocycles. The van der Waals surface area contributed by atoms with Gasteiger partial charge in [-0.15, -0.1) is 0 Å². The van der Waals surface area contributed by atoms with Crippen LogP contribution in [-0.2, 0) is 6.42 Å². The lowest BCUT2D eigenvalue weighted by Gasteiger charge is -2.17. The Kier molecular flexibility index (Phi) is 2.92. The third kappa shape index (κ3) is 1.85. The molecule has 0 atom stereocenters. The highest BCUT2D eigenvalue weighted by atomic mass is 35.5. The predicted molar refractivity (Wildman–Crippen MR) is 74.2 cm³/mol. The molecule has 0 radical (unpaired) electrons. The molecule has 1 aliphatic rings. The minimum Gasteiger partial charge on any atom is -0.294 e. The predicted octanol–water partition coefficient (Wildman–Crippen LogP) is 4.53. The first kappa shape index (κ1) is 11.5. The zero-order valence-corrected chi connectivity index (χ0v) is 10.7. The summed E-state index contributed by atoms with van der Waals surface area (Å²) in [5, 5.41) is 0.802. The third-order valence-corrected chi connectivity index (χ3v) is 3.82. The van der Waals surface area contributed by atoms with E-state index in [2.05, 4.69) is 6.07 Å². The number of benzene rings is 2. The quantitative estimate of drug-likeness (QED) is 0.677. The molecule has 0 amide bonds. The number of hydrogen-bond acceptors (Lipinski definition) is 1. The van der Waals surface area contributed by atoms with E-state index in [1.54, 1.807) is 0 Å². The average molecular weight is 257 g/mol. The van der Waals surface area contributed by atoms with Gasteiger partial charge in [-0.1, -0.05) is 48.0 Å². The summed E-state index contributed by atoms with van der Waals surface area (Å²) in [6.45, 7) is 0. The van der Waals surface area contributed by atoms with Crippen LogP contribution in [0.3, 0.4) is 0 Å². The molecule has 0 unspecified atom stereocenters. The summed E-state index contributed by atoms with van der Waals surface area (Å²) >= 11 is 6.29. The van der Waals surface area contributed by atoms with Gasteiger partial charge in [-0.25, -0.2) is 0 Å². The first-order chi connectivity index (χ1) is 8.77. The molecule has 0 aliphatic heterocycles. The molecule has 0 saturated carbocycles. The maximum atomic E-state index is 12.1. The zero-order valence-electron chi connectivity index (χ0n) is 9.95. The third-order valence-electron chi connectivity index (χ3n) is 3.47. The van der Waals surface area contributed by atoms with E-state index in [-0.39, 0.29) is 5.78 Å². The minimum atomic E-state index is 0.233. The van der Waals surface area contributed by atoms with Crippen LogP contribution >= 0.6 is 11.6 Å². The van der Waals surface area contributed by atoms with Crippen molar-refractivity contribution >= 4 is 17.4 Å². The molecule has 2 heteroatoms. The van der Waals surface area contributed by atoms with Crippen molar-refractivity contribution in [2.45, 2.75) is 19.3 Å². The SMILES string of the molecule is O=C1CCCc2c(Cl)cccc2-c2ccccc21. The number of hydrogen-bond donors (Lipinski definition) is 0.